The van der Waals surface area contributed by atoms with Crippen molar-refractivity contribution < 1.29 is 23.0 Å². The number of esters is 1. The normalized spacial score (nSPS) is 10.2. The molecule has 0 saturated heterocycles. The number of methoxy groups -OCH3 is 1. The molecule has 0 aliphatic carbocycles. The average Bonchev–Trinajstić information content (AvgIpc) is 2.43. The minimum atomic E-state index is -0.738. The average molecular weight is 293 g/mol. The summed E-state index contributed by atoms with van der Waals surface area (Å²) in [6.07, 6.45) is 0. The van der Waals surface area contributed by atoms with Crippen LogP contribution in [0.15, 0.2) is 36.4 Å². The predicted molar refractivity (Wildman–Crippen MR) is 72.9 cm³/mol. The van der Waals surface area contributed by atoms with Gasteiger partial charge in [0.25, 0.3) is 0 Å². The highest BCUT2D eigenvalue weighted by molar-refractivity contribution is 5.90. The van der Waals surface area contributed by atoms with Crippen LogP contribution in [0.5, 0.6) is 5.75 Å². The number of nitrogens with two attached hydrogens (primary N) is 1. The molecule has 2 rings (SSSR count). The molecule has 0 amide bonds. The molecule has 0 heterocycles. The van der Waals surface area contributed by atoms with Crippen LogP contribution >= 0.6 is 0 Å². The summed E-state index contributed by atoms with van der Waals surface area (Å²) in [4.78, 5) is 11.8. The Kier molecular flexibility index (Phi) is 4.37. The predicted octanol–water partition coefficient (Wildman–Crippen LogP) is 2.91. The Morgan fingerprint density at radius 1 is 1.19 bits per heavy atom. The fourth-order valence-electron chi connectivity index (χ4n) is 1.76. The number of carbonyl (C=O) groups is 1. The first-order valence-corrected chi connectivity index (χ1v) is 6.05. The molecule has 21 heavy (non-hydrogen) atoms. The molecule has 2 aromatic rings. The molecule has 0 unspecified atom stereocenters. The molecule has 0 bridgehead atoms. The Hall–Kier alpha value is -2.63. The van der Waals surface area contributed by atoms with Crippen LogP contribution in [-0.4, -0.2) is 13.1 Å². The van der Waals surface area contributed by atoms with E-state index in [0.717, 1.165) is 12.1 Å². The molecular weight excluding hydrogens is 280 g/mol. The van der Waals surface area contributed by atoms with Gasteiger partial charge in [-0.2, -0.15) is 0 Å². The van der Waals surface area contributed by atoms with Crippen LogP contribution < -0.4 is 10.5 Å². The monoisotopic (exact) mass is 293 g/mol. The Labute approximate surface area is 120 Å². The maximum atomic E-state index is 13.5. The third-order valence-corrected chi connectivity index (χ3v) is 2.74. The van der Waals surface area contributed by atoms with Crippen LogP contribution in [-0.2, 0) is 11.3 Å². The van der Waals surface area contributed by atoms with Crippen molar-refractivity contribution in [1.29, 1.82) is 0 Å². The van der Waals surface area contributed by atoms with Crippen LogP contribution in [0, 0.1) is 11.6 Å². The number of nitrogen functional groups attached to an aromatic ring is 1. The van der Waals surface area contributed by atoms with Crippen molar-refractivity contribution in [3.05, 3.63) is 59.2 Å². The second-order valence-electron chi connectivity index (χ2n) is 4.32. The van der Waals surface area contributed by atoms with E-state index >= 15 is 0 Å². The highest BCUT2D eigenvalue weighted by atomic mass is 19.1. The molecule has 0 aliphatic rings. The van der Waals surface area contributed by atoms with Gasteiger partial charge in [-0.05, 0) is 35.9 Å². The van der Waals surface area contributed by atoms with Crippen molar-refractivity contribution in [3.63, 3.8) is 0 Å². The van der Waals surface area contributed by atoms with Crippen molar-refractivity contribution in [2.45, 2.75) is 6.61 Å². The van der Waals surface area contributed by atoms with Gasteiger partial charge in [0.2, 0.25) is 0 Å². The SMILES string of the molecule is COc1ccc(COC(=O)c2cc(N)cc(F)c2)cc1F. The van der Waals surface area contributed by atoms with Crippen molar-refractivity contribution in [2.24, 2.45) is 0 Å². The van der Waals surface area contributed by atoms with Gasteiger partial charge in [-0.1, -0.05) is 6.07 Å². The molecule has 6 heteroatoms. The lowest BCUT2D eigenvalue weighted by Crippen LogP contribution is -2.06. The maximum Gasteiger partial charge on any atom is 0.338 e. The van der Waals surface area contributed by atoms with Gasteiger partial charge in [0.05, 0.1) is 12.7 Å². The zero-order valence-corrected chi connectivity index (χ0v) is 11.2. The number of benzene rings is 2. The number of hydrogen-bond donors (Lipinski definition) is 1. The van der Waals surface area contributed by atoms with Gasteiger partial charge in [0, 0.05) is 5.69 Å². The Morgan fingerprint density at radius 3 is 2.57 bits per heavy atom. The summed E-state index contributed by atoms with van der Waals surface area (Å²) < 4.78 is 36.4. The van der Waals surface area contributed by atoms with E-state index in [0.29, 0.717) is 5.56 Å². The molecule has 0 aromatic heterocycles. The molecule has 4 nitrogen and oxygen atoms in total. The lowest BCUT2D eigenvalue weighted by atomic mass is 10.2. The highest BCUT2D eigenvalue weighted by Crippen LogP contribution is 2.19. The summed E-state index contributed by atoms with van der Waals surface area (Å²) in [5.41, 5.74) is 6.02. The lowest BCUT2D eigenvalue weighted by molar-refractivity contribution is 0.0471. The third kappa shape index (κ3) is 3.68. The standard InChI is InChI=1S/C15H13F2NO3/c1-20-14-3-2-9(4-13(14)17)8-21-15(19)10-5-11(16)7-12(18)6-10/h2-7H,8,18H2,1H3. The summed E-state index contributed by atoms with van der Waals surface area (Å²) >= 11 is 0. The Morgan fingerprint density at radius 2 is 1.95 bits per heavy atom. The van der Waals surface area contributed by atoms with Gasteiger partial charge in [0.1, 0.15) is 12.4 Å². The summed E-state index contributed by atoms with van der Waals surface area (Å²) in [6, 6.07) is 7.61. The van der Waals surface area contributed by atoms with Crippen molar-refractivity contribution in [1.82, 2.24) is 0 Å². The molecule has 0 fully saturated rings. The van der Waals surface area contributed by atoms with Crippen molar-refractivity contribution in [2.75, 3.05) is 12.8 Å². The summed E-state index contributed by atoms with van der Waals surface area (Å²) in [5.74, 6) is -1.82. The van der Waals surface area contributed by atoms with E-state index in [-0.39, 0.29) is 23.6 Å². The lowest BCUT2D eigenvalue weighted by Gasteiger charge is -2.07. The first-order valence-electron chi connectivity index (χ1n) is 6.05. The molecule has 0 saturated carbocycles. The minimum absolute atomic E-state index is 0.00137. The van der Waals surface area contributed by atoms with Crippen molar-refractivity contribution in [3.8, 4) is 5.75 Å². The minimum Gasteiger partial charge on any atom is -0.494 e. The van der Waals surface area contributed by atoms with Gasteiger partial charge in [-0.15, -0.1) is 0 Å². The molecule has 0 radical (unpaired) electrons. The quantitative estimate of drug-likeness (QED) is 0.695. The fourth-order valence-corrected chi connectivity index (χ4v) is 1.76. The van der Waals surface area contributed by atoms with E-state index in [2.05, 4.69) is 0 Å². The van der Waals surface area contributed by atoms with E-state index in [1.807, 2.05) is 0 Å². The molecule has 0 spiro atoms. The molecular formula is C15H13F2NO3. The van der Waals surface area contributed by atoms with Crippen LogP contribution in [0.1, 0.15) is 15.9 Å². The van der Waals surface area contributed by atoms with E-state index in [9.17, 15) is 13.6 Å². The summed E-state index contributed by atoms with van der Waals surface area (Å²) in [6.45, 7) is -0.143. The van der Waals surface area contributed by atoms with Crippen LogP contribution in [0.2, 0.25) is 0 Å². The number of anilines is 1. The second kappa shape index (κ2) is 6.21. The summed E-state index contributed by atoms with van der Waals surface area (Å²) in [5, 5.41) is 0. The Bertz CT molecular complexity index is 654. The van der Waals surface area contributed by atoms with Gasteiger partial charge in [0.15, 0.2) is 11.6 Å². The van der Waals surface area contributed by atoms with E-state index in [1.165, 1.54) is 25.3 Å². The van der Waals surface area contributed by atoms with E-state index < -0.39 is 17.6 Å². The summed E-state index contributed by atoms with van der Waals surface area (Å²) in [7, 11) is 1.35. The molecule has 110 valence electrons. The van der Waals surface area contributed by atoms with Crippen LogP contribution in [0.3, 0.4) is 0 Å². The van der Waals surface area contributed by atoms with Gasteiger partial charge < -0.3 is 15.2 Å². The number of carbonyl (C=O) groups excluding carboxylic acids is 1. The molecule has 2 N–H and O–H groups in total. The molecule has 0 atom stereocenters. The number of halogens is 2. The van der Waals surface area contributed by atoms with E-state index in [4.69, 9.17) is 15.2 Å². The third-order valence-electron chi connectivity index (χ3n) is 2.74. The Balaban J connectivity index is 2.05. The number of hydrogen-bond acceptors (Lipinski definition) is 4. The second-order valence-corrected chi connectivity index (χ2v) is 4.32. The largest absolute Gasteiger partial charge is 0.494 e. The first kappa shape index (κ1) is 14.8. The number of rotatable bonds is 4. The van der Waals surface area contributed by atoms with Gasteiger partial charge in [-0.25, -0.2) is 13.6 Å². The number of ether oxygens (including phenoxy) is 2. The zero-order valence-electron chi connectivity index (χ0n) is 11.2. The van der Waals surface area contributed by atoms with E-state index in [1.54, 1.807) is 6.07 Å². The fraction of sp³-hybridized carbons (Fsp3) is 0.133. The van der Waals surface area contributed by atoms with Crippen molar-refractivity contribution >= 4 is 11.7 Å². The first-order chi connectivity index (χ1) is 9.99. The molecule has 2 aromatic carbocycles. The van der Waals surface area contributed by atoms with Gasteiger partial charge in [-0.3, -0.25) is 0 Å². The van der Waals surface area contributed by atoms with Crippen LogP contribution in [0.4, 0.5) is 14.5 Å². The highest BCUT2D eigenvalue weighted by Gasteiger charge is 2.11. The molecule has 0 aliphatic heterocycles. The topological polar surface area (TPSA) is 61.5 Å². The zero-order chi connectivity index (χ0) is 15.4. The van der Waals surface area contributed by atoms with Crippen LogP contribution in [0.25, 0.3) is 0 Å². The van der Waals surface area contributed by atoms with Gasteiger partial charge >= 0.3 is 5.97 Å². The maximum absolute atomic E-state index is 13.5. The smallest absolute Gasteiger partial charge is 0.338 e.